The third-order valence-corrected chi connectivity index (χ3v) is 5.28. The number of fused-ring (bicyclic) bond motifs is 2. The van der Waals surface area contributed by atoms with Gasteiger partial charge in [-0.3, -0.25) is 4.79 Å². The third-order valence-electron chi connectivity index (χ3n) is 5.28. The van der Waals surface area contributed by atoms with E-state index in [1.807, 2.05) is 0 Å². The van der Waals surface area contributed by atoms with E-state index >= 15 is 0 Å². The Bertz CT molecular complexity index is 559. The van der Waals surface area contributed by atoms with Crippen LogP contribution in [0.25, 0.3) is 0 Å². The molecule has 0 spiro atoms. The Morgan fingerprint density at radius 1 is 1.22 bits per heavy atom. The van der Waals surface area contributed by atoms with E-state index in [1.165, 1.54) is 0 Å². The molecule has 126 valence electrons. The zero-order valence-corrected chi connectivity index (χ0v) is 12.7. The number of carbonyl (C=O) groups excluding carboxylic acids is 1. The number of rotatable bonds is 4. The first kappa shape index (κ1) is 16.3. The fraction of sp³-hybridized carbons (Fsp3) is 0.588. The highest BCUT2D eigenvalue weighted by molar-refractivity contribution is 5.80. The van der Waals surface area contributed by atoms with Crippen LogP contribution in [0.15, 0.2) is 30.3 Å². The molecule has 5 unspecified atom stereocenters. The molecule has 0 radical (unpaired) electrons. The van der Waals surface area contributed by atoms with Crippen molar-refractivity contribution in [1.29, 1.82) is 0 Å². The fourth-order valence-electron chi connectivity index (χ4n) is 4.09. The van der Waals surface area contributed by atoms with E-state index in [2.05, 4.69) is 5.32 Å². The van der Waals surface area contributed by atoms with Crippen molar-refractivity contribution in [2.75, 3.05) is 0 Å². The van der Waals surface area contributed by atoms with E-state index < -0.39 is 24.0 Å². The van der Waals surface area contributed by atoms with E-state index in [4.69, 9.17) is 5.73 Å². The second-order valence-electron chi connectivity index (χ2n) is 6.73. The first-order valence-corrected chi connectivity index (χ1v) is 8.03. The molecule has 1 aromatic carbocycles. The lowest BCUT2D eigenvalue weighted by atomic mass is 9.84. The summed E-state index contributed by atoms with van der Waals surface area (Å²) in [7, 11) is 0. The van der Waals surface area contributed by atoms with Crippen LogP contribution in [0.2, 0.25) is 0 Å². The maximum atomic E-state index is 13.3. The maximum Gasteiger partial charge on any atom is 0.408 e. The molecule has 3 rings (SSSR count). The number of benzene rings is 1. The molecule has 2 saturated carbocycles. The number of alkyl halides is 3. The number of nitrogens with one attached hydrogen (secondary N) is 1. The van der Waals surface area contributed by atoms with Crippen LogP contribution in [-0.2, 0) is 11.2 Å². The summed E-state index contributed by atoms with van der Waals surface area (Å²) in [6.07, 6.45) is -1.98. The topological polar surface area (TPSA) is 55.1 Å². The first-order valence-electron chi connectivity index (χ1n) is 8.03. The summed E-state index contributed by atoms with van der Waals surface area (Å²) in [5.41, 5.74) is 6.61. The summed E-state index contributed by atoms with van der Waals surface area (Å²) in [5, 5.41) is 2.22. The first-order chi connectivity index (χ1) is 10.9. The summed E-state index contributed by atoms with van der Waals surface area (Å²) < 4.78 is 39.9. The summed E-state index contributed by atoms with van der Waals surface area (Å²) in [4.78, 5) is 12.4. The predicted octanol–water partition coefficient (Wildman–Crippen LogP) is 2.65. The maximum absolute atomic E-state index is 13.3. The van der Waals surface area contributed by atoms with E-state index in [0.717, 1.165) is 19.3 Å². The van der Waals surface area contributed by atoms with Crippen LogP contribution in [0, 0.1) is 17.8 Å². The molecule has 3 N–H and O–H groups in total. The minimum Gasteiger partial charge on any atom is -0.344 e. The molecule has 2 aliphatic carbocycles. The summed E-state index contributed by atoms with van der Waals surface area (Å²) >= 11 is 0. The van der Waals surface area contributed by atoms with Crippen molar-refractivity contribution < 1.29 is 18.0 Å². The van der Waals surface area contributed by atoms with Gasteiger partial charge in [0, 0.05) is 12.5 Å². The molecule has 3 nitrogen and oxygen atoms in total. The molecule has 1 aromatic rings. The largest absolute Gasteiger partial charge is 0.408 e. The van der Waals surface area contributed by atoms with Gasteiger partial charge < -0.3 is 11.1 Å². The average molecular weight is 326 g/mol. The third kappa shape index (κ3) is 3.37. The van der Waals surface area contributed by atoms with Crippen molar-refractivity contribution in [2.45, 2.75) is 43.9 Å². The molecular formula is C17H21F3N2O. The smallest absolute Gasteiger partial charge is 0.344 e. The Kier molecular flexibility index (Phi) is 4.36. The van der Waals surface area contributed by atoms with Gasteiger partial charge in [-0.05, 0) is 36.7 Å². The van der Waals surface area contributed by atoms with Crippen LogP contribution < -0.4 is 11.1 Å². The van der Waals surface area contributed by atoms with Gasteiger partial charge in [0.2, 0.25) is 5.91 Å². The Balaban J connectivity index is 1.70. The highest BCUT2D eigenvalue weighted by Gasteiger charge is 2.50. The molecule has 23 heavy (non-hydrogen) atoms. The minimum absolute atomic E-state index is 0.139. The van der Waals surface area contributed by atoms with Gasteiger partial charge in [0.05, 0.1) is 5.92 Å². The molecule has 0 aromatic heterocycles. The van der Waals surface area contributed by atoms with Crippen molar-refractivity contribution >= 4 is 5.91 Å². The highest BCUT2D eigenvalue weighted by Crippen LogP contribution is 2.47. The van der Waals surface area contributed by atoms with Gasteiger partial charge in [-0.15, -0.1) is 0 Å². The normalized spacial score (nSPS) is 31.1. The second kappa shape index (κ2) is 6.15. The van der Waals surface area contributed by atoms with E-state index in [-0.39, 0.29) is 24.3 Å². The van der Waals surface area contributed by atoms with E-state index in [0.29, 0.717) is 5.56 Å². The Morgan fingerprint density at radius 2 is 1.87 bits per heavy atom. The standard InChI is InChI=1S/C17H21F3N2O/c18-17(19,20)13(8-10-4-2-1-3-5-10)22-16(23)14-11-6-7-12(9-11)15(14)21/h1-5,11-15H,6-9,21H2,(H,22,23). The fourth-order valence-corrected chi connectivity index (χ4v) is 4.09. The Labute approximate surface area is 133 Å². The van der Waals surface area contributed by atoms with Crippen molar-refractivity contribution in [3.8, 4) is 0 Å². The minimum atomic E-state index is -4.48. The Hall–Kier alpha value is -1.56. The summed E-state index contributed by atoms with van der Waals surface area (Å²) in [6, 6.07) is 6.22. The molecule has 5 atom stereocenters. The number of carbonyl (C=O) groups is 1. The summed E-state index contributed by atoms with van der Waals surface area (Å²) in [6.45, 7) is 0. The highest BCUT2D eigenvalue weighted by atomic mass is 19.4. The van der Waals surface area contributed by atoms with Crippen LogP contribution in [0.5, 0.6) is 0 Å². The van der Waals surface area contributed by atoms with Crippen LogP contribution >= 0.6 is 0 Å². The number of nitrogens with two attached hydrogens (primary N) is 1. The van der Waals surface area contributed by atoms with Crippen LogP contribution in [0.3, 0.4) is 0 Å². The van der Waals surface area contributed by atoms with Crippen LogP contribution in [0.4, 0.5) is 13.2 Å². The molecule has 0 aliphatic heterocycles. The van der Waals surface area contributed by atoms with Gasteiger partial charge >= 0.3 is 6.18 Å². The molecule has 1 amide bonds. The van der Waals surface area contributed by atoms with Gasteiger partial charge in [0.25, 0.3) is 0 Å². The van der Waals surface area contributed by atoms with Crippen LogP contribution in [-0.4, -0.2) is 24.2 Å². The zero-order chi connectivity index (χ0) is 16.6. The van der Waals surface area contributed by atoms with Crippen LogP contribution in [0.1, 0.15) is 24.8 Å². The lowest BCUT2D eigenvalue weighted by molar-refractivity contribution is -0.163. The van der Waals surface area contributed by atoms with Crippen molar-refractivity contribution in [3.63, 3.8) is 0 Å². The average Bonchev–Trinajstić information content (AvgIpc) is 3.07. The summed E-state index contributed by atoms with van der Waals surface area (Å²) in [5.74, 6) is -0.591. The lowest BCUT2D eigenvalue weighted by Gasteiger charge is -2.30. The van der Waals surface area contributed by atoms with Gasteiger partial charge in [0.1, 0.15) is 6.04 Å². The lowest BCUT2D eigenvalue weighted by Crippen LogP contribution is -2.53. The molecule has 6 heteroatoms. The Morgan fingerprint density at radius 3 is 2.43 bits per heavy atom. The predicted molar refractivity (Wildman–Crippen MR) is 80.4 cm³/mol. The van der Waals surface area contributed by atoms with Crippen molar-refractivity contribution in [1.82, 2.24) is 5.32 Å². The van der Waals surface area contributed by atoms with Gasteiger partial charge in [0.15, 0.2) is 0 Å². The number of amides is 1. The monoisotopic (exact) mass is 326 g/mol. The molecule has 2 fully saturated rings. The molecule has 2 aliphatic rings. The SMILES string of the molecule is NC1C2CCC(C2)C1C(=O)NC(Cc1ccccc1)C(F)(F)F. The molecule has 0 saturated heterocycles. The number of hydrogen-bond donors (Lipinski definition) is 2. The number of halogens is 3. The van der Waals surface area contributed by atoms with Crippen molar-refractivity contribution in [2.24, 2.45) is 23.5 Å². The van der Waals surface area contributed by atoms with Gasteiger partial charge in [-0.2, -0.15) is 13.2 Å². The van der Waals surface area contributed by atoms with E-state index in [1.54, 1.807) is 30.3 Å². The second-order valence-corrected chi connectivity index (χ2v) is 6.73. The van der Waals surface area contributed by atoms with Gasteiger partial charge in [-0.1, -0.05) is 30.3 Å². The molecular weight excluding hydrogens is 305 g/mol. The number of hydrogen-bond acceptors (Lipinski definition) is 2. The molecule has 2 bridgehead atoms. The zero-order valence-electron chi connectivity index (χ0n) is 12.7. The molecule has 0 heterocycles. The quantitative estimate of drug-likeness (QED) is 0.894. The van der Waals surface area contributed by atoms with E-state index in [9.17, 15) is 18.0 Å². The van der Waals surface area contributed by atoms with Crippen molar-refractivity contribution in [3.05, 3.63) is 35.9 Å². The van der Waals surface area contributed by atoms with Gasteiger partial charge in [-0.25, -0.2) is 0 Å².